The topological polar surface area (TPSA) is 36.4 Å². The molecule has 0 radical (unpaired) electrons. The van der Waals surface area contributed by atoms with Crippen LogP contribution in [0.3, 0.4) is 0 Å². The number of hydrogen-bond acceptors (Lipinski definition) is 4. The van der Waals surface area contributed by atoms with Crippen molar-refractivity contribution in [2.45, 2.75) is 25.3 Å². The van der Waals surface area contributed by atoms with Crippen LogP contribution in [0.5, 0.6) is 0 Å². The molecule has 0 bridgehead atoms. The van der Waals surface area contributed by atoms with Crippen LogP contribution in [0.25, 0.3) is 0 Å². The summed E-state index contributed by atoms with van der Waals surface area (Å²) in [4.78, 5) is 20.8. The van der Waals surface area contributed by atoms with Crippen LogP contribution >= 0.6 is 0 Å². The Labute approximate surface area is 148 Å². The van der Waals surface area contributed by atoms with E-state index in [-0.39, 0.29) is 18.0 Å². The van der Waals surface area contributed by atoms with E-state index in [4.69, 9.17) is 0 Å². The standard InChI is InChI=1S/C20H24FN3O/c1-23-9-5-18(6-10-23)24(2)19-12-15(11-17(21)14-19)13-20(25)16-3-7-22-8-4-16/h3-4,7-8,11-12,14,18H,5-6,9-10,13H2,1-2H3. The molecular weight excluding hydrogens is 317 g/mol. The van der Waals surface area contributed by atoms with Crippen molar-refractivity contribution in [3.8, 4) is 0 Å². The van der Waals surface area contributed by atoms with E-state index in [1.54, 1.807) is 30.6 Å². The number of pyridine rings is 1. The molecule has 1 fully saturated rings. The lowest BCUT2D eigenvalue weighted by molar-refractivity contribution is 0.0993. The van der Waals surface area contributed by atoms with Crippen LogP contribution in [-0.2, 0) is 6.42 Å². The van der Waals surface area contributed by atoms with E-state index >= 15 is 0 Å². The molecule has 0 unspecified atom stereocenters. The fraction of sp³-hybridized carbons (Fsp3) is 0.400. The Bertz CT molecular complexity index is 727. The molecule has 0 amide bonds. The molecule has 0 saturated carbocycles. The van der Waals surface area contributed by atoms with Gasteiger partial charge in [0.25, 0.3) is 0 Å². The molecule has 1 aromatic heterocycles. The van der Waals surface area contributed by atoms with Crippen LogP contribution in [0.2, 0.25) is 0 Å². The quantitative estimate of drug-likeness (QED) is 0.783. The SMILES string of the molecule is CN1CCC(N(C)c2cc(F)cc(CC(=O)c3ccncc3)c2)CC1. The van der Waals surface area contributed by atoms with Crippen LogP contribution in [0.15, 0.2) is 42.7 Å². The van der Waals surface area contributed by atoms with Gasteiger partial charge in [-0.25, -0.2) is 4.39 Å². The van der Waals surface area contributed by atoms with Crippen LogP contribution in [-0.4, -0.2) is 48.9 Å². The van der Waals surface area contributed by atoms with Crippen LogP contribution in [0, 0.1) is 5.82 Å². The summed E-state index contributed by atoms with van der Waals surface area (Å²) in [6.07, 6.45) is 5.51. The molecule has 0 aliphatic carbocycles. The summed E-state index contributed by atoms with van der Waals surface area (Å²) >= 11 is 0. The van der Waals surface area contributed by atoms with Gasteiger partial charge in [0.05, 0.1) is 0 Å². The van der Waals surface area contributed by atoms with Gasteiger partial charge in [0.1, 0.15) is 5.82 Å². The van der Waals surface area contributed by atoms with E-state index in [0.717, 1.165) is 31.6 Å². The first kappa shape index (κ1) is 17.5. The molecule has 1 saturated heterocycles. The zero-order valence-corrected chi connectivity index (χ0v) is 14.8. The van der Waals surface area contributed by atoms with Gasteiger partial charge in [-0.05, 0) is 68.9 Å². The molecular formula is C20H24FN3O. The van der Waals surface area contributed by atoms with Crippen LogP contribution < -0.4 is 4.90 Å². The van der Waals surface area contributed by atoms with E-state index in [2.05, 4.69) is 21.8 Å². The minimum atomic E-state index is -0.296. The number of anilines is 1. The second-order valence-electron chi connectivity index (χ2n) is 6.80. The number of nitrogens with zero attached hydrogens (tertiary/aromatic N) is 3. The minimum Gasteiger partial charge on any atom is -0.371 e. The molecule has 1 aliphatic heterocycles. The zero-order chi connectivity index (χ0) is 17.8. The third-order valence-corrected chi connectivity index (χ3v) is 4.95. The minimum absolute atomic E-state index is 0.0269. The number of rotatable bonds is 5. The third kappa shape index (κ3) is 4.42. The molecule has 0 spiro atoms. The van der Waals surface area contributed by atoms with Gasteiger partial charge >= 0.3 is 0 Å². The molecule has 25 heavy (non-hydrogen) atoms. The molecule has 4 nitrogen and oxygen atoms in total. The number of benzene rings is 1. The highest BCUT2D eigenvalue weighted by Crippen LogP contribution is 2.24. The van der Waals surface area contributed by atoms with Gasteiger partial charge in [-0.1, -0.05) is 0 Å². The average Bonchev–Trinajstić information content (AvgIpc) is 2.62. The molecule has 0 N–H and O–H groups in total. The summed E-state index contributed by atoms with van der Waals surface area (Å²) < 4.78 is 14.1. The molecule has 0 atom stereocenters. The molecule has 2 heterocycles. The van der Waals surface area contributed by atoms with Gasteiger partial charge in [-0.2, -0.15) is 0 Å². The van der Waals surface area contributed by atoms with Crippen LogP contribution in [0.4, 0.5) is 10.1 Å². The molecule has 5 heteroatoms. The second-order valence-corrected chi connectivity index (χ2v) is 6.80. The Morgan fingerprint density at radius 3 is 2.60 bits per heavy atom. The first-order valence-corrected chi connectivity index (χ1v) is 8.67. The Hall–Kier alpha value is -2.27. The predicted octanol–water partition coefficient (Wildman–Crippen LogP) is 3.18. The van der Waals surface area contributed by atoms with Crippen molar-refractivity contribution in [1.82, 2.24) is 9.88 Å². The van der Waals surface area contributed by atoms with Gasteiger partial charge in [0.2, 0.25) is 0 Å². The fourth-order valence-electron chi connectivity index (χ4n) is 3.36. The number of ketones is 1. The van der Waals surface area contributed by atoms with E-state index in [1.165, 1.54) is 6.07 Å². The van der Waals surface area contributed by atoms with Crippen molar-refractivity contribution in [1.29, 1.82) is 0 Å². The normalized spacial score (nSPS) is 16.0. The first-order valence-electron chi connectivity index (χ1n) is 8.67. The Kier molecular flexibility index (Phi) is 5.43. The van der Waals surface area contributed by atoms with Gasteiger partial charge in [0.15, 0.2) is 5.78 Å². The van der Waals surface area contributed by atoms with Gasteiger partial charge in [-0.3, -0.25) is 9.78 Å². The highest BCUT2D eigenvalue weighted by molar-refractivity contribution is 5.97. The Morgan fingerprint density at radius 2 is 1.92 bits per heavy atom. The lowest BCUT2D eigenvalue weighted by atomic mass is 10.0. The number of likely N-dealkylation sites (tertiary alicyclic amines) is 1. The van der Waals surface area contributed by atoms with Crippen molar-refractivity contribution >= 4 is 11.5 Å². The lowest BCUT2D eigenvalue weighted by Crippen LogP contribution is -2.42. The molecule has 2 aromatic rings. The van der Waals surface area contributed by atoms with Gasteiger partial charge < -0.3 is 9.80 Å². The van der Waals surface area contributed by atoms with Crippen molar-refractivity contribution in [3.63, 3.8) is 0 Å². The number of halogens is 1. The Morgan fingerprint density at radius 1 is 1.24 bits per heavy atom. The van der Waals surface area contributed by atoms with Crippen molar-refractivity contribution in [2.24, 2.45) is 0 Å². The fourth-order valence-corrected chi connectivity index (χ4v) is 3.36. The summed E-state index contributed by atoms with van der Waals surface area (Å²) in [7, 11) is 4.14. The monoisotopic (exact) mass is 341 g/mol. The molecule has 132 valence electrons. The number of aromatic nitrogens is 1. The Balaban J connectivity index is 1.75. The molecule has 1 aromatic carbocycles. The summed E-state index contributed by atoms with van der Waals surface area (Å²) in [6, 6.07) is 8.71. The summed E-state index contributed by atoms with van der Waals surface area (Å²) in [5, 5.41) is 0. The summed E-state index contributed by atoms with van der Waals surface area (Å²) in [5.41, 5.74) is 2.15. The van der Waals surface area contributed by atoms with Crippen molar-refractivity contribution in [3.05, 3.63) is 59.7 Å². The second kappa shape index (κ2) is 7.74. The largest absolute Gasteiger partial charge is 0.371 e. The lowest BCUT2D eigenvalue weighted by Gasteiger charge is -2.36. The van der Waals surface area contributed by atoms with E-state index in [0.29, 0.717) is 17.2 Å². The zero-order valence-electron chi connectivity index (χ0n) is 14.8. The maximum Gasteiger partial charge on any atom is 0.167 e. The smallest absolute Gasteiger partial charge is 0.167 e. The maximum absolute atomic E-state index is 14.1. The van der Waals surface area contributed by atoms with Gasteiger partial charge in [-0.15, -0.1) is 0 Å². The molecule has 3 rings (SSSR count). The maximum atomic E-state index is 14.1. The van der Waals surface area contributed by atoms with Crippen molar-refractivity contribution in [2.75, 3.05) is 32.1 Å². The average molecular weight is 341 g/mol. The van der Waals surface area contributed by atoms with E-state index in [1.807, 2.05) is 13.1 Å². The van der Waals surface area contributed by atoms with E-state index < -0.39 is 0 Å². The molecule has 1 aliphatic rings. The predicted molar refractivity (Wildman–Crippen MR) is 97.6 cm³/mol. The number of carbonyl (C=O) groups is 1. The van der Waals surface area contributed by atoms with Crippen LogP contribution in [0.1, 0.15) is 28.8 Å². The highest BCUT2D eigenvalue weighted by atomic mass is 19.1. The number of hydrogen-bond donors (Lipinski definition) is 0. The number of Topliss-reactive ketones (excluding diaryl/α,β-unsaturated/α-hetero) is 1. The summed E-state index contributed by atoms with van der Waals surface area (Å²) in [6.45, 7) is 2.11. The van der Waals surface area contributed by atoms with E-state index in [9.17, 15) is 9.18 Å². The van der Waals surface area contributed by atoms with Crippen molar-refractivity contribution < 1.29 is 9.18 Å². The number of piperidine rings is 1. The third-order valence-electron chi connectivity index (χ3n) is 4.95. The first-order chi connectivity index (χ1) is 12.0. The highest BCUT2D eigenvalue weighted by Gasteiger charge is 2.21. The van der Waals surface area contributed by atoms with Gasteiger partial charge in [0, 0.05) is 43.2 Å². The summed E-state index contributed by atoms with van der Waals surface area (Å²) in [5.74, 6) is -0.323. The number of carbonyl (C=O) groups excluding carboxylic acids is 1.